The number of rotatable bonds is 3. The zero-order valence-corrected chi connectivity index (χ0v) is 10.5. The number of amides is 1. The Labute approximate surface area is 106 Å². The fraction of sp³-hybridized carbons (Fsp3) is 0.0909. The van der Waals surface area contributed by atoms with E-state index < -0.39 is 5.97 Å². The standard InChI is InChI=1S/C11H9NO3S2/c1-6-4-17-9(11(14)15)8(6)12-10(13)7-2-3-16-5-7/h2-5H,1H3,(H,12,13)(H,14,15). The molecule has 0 aliphatic rings. The molecule has 0 aliphatic carbocycles. The summed E-state index contributed by atoms with van der Waals surface area (Å²) in [4.78, 5) is 22.9. The molecule has 2 aromatic heterocycles. The van der Waals surface area contributed by atoms with E-state index >= 15 is 0 Å². The number of aromatic carboxylic acids is 1. The van der Waals surface area contributed by atoms with Crippen LogP contribution in [0.25, 0.3) is 0 Å². The zero-order chi connectivity index (χ0) is 12.4. The molecule has 0 fully saturated rings. The molecule has 0 aliphatic heterocycles. The van der Waals surface area contributed by atoms with E-state index in [0.29, 0.717) is 11.3 Å². The second kappa shape index (κ2) is 4.68. The molecule has 2 heterocycles. The fourth-order valence-corrected chi connectivity index (χ4v) is 2.82. The molecule has 17 heavy (non-hydrogen) atoms. The Morgan fingerprint density at radius 2 is 2.12 bits per heavy atom. The molecule has 6 heteroatoms. The summed E-state index contributed by atoms with van der Waals surface area (Å²) in [6, 6.07) is 1.70. The Morgan fingerprint density at radius 1 is 1.35 bits per heavy atom. The molecule has 0 saturated heterocycles. The maximum atomic E-state index is 11.8. The van der Waals surface area contributed by atoms with Gasteiger partial charge in [-0.2, -0.15) is 11.3 Å². The van der Waals surface area contributed by atoms with Crippen molar-refractivity contribution in [2.45, 2.75) is 6.92 Å². The number of anilines is 1. The van der Waals surface area contributed by atoms with Gasteiger partial charge < -0.3 is 10.4 Å². The van der Waals surface area contributed by atoms with Crippen molar-refractivity contribution < 1.29 is 14.7 Å². The van der Waals surface area contributed by atoms with E-state index in [0.717, 1.165) is 16.9 Å². The minimum Gasteiger partial charge on any atom is -0.477 e. The van der Waals surface area contributed by atoms with Crippen molar-refractivity contribution in [1.29, 1.82) is 0 Å². The van der Waals surface area contributed by atoms with E-state index in [1.807, 2.05) is 0 Å². The minimum absolute atomic E-state index is 0.158. The molecule has 0 saturated carbocycles. The summed E-state index contributed by atoms with van der Waals surface area (Å²) < 4.78 is 0. The van der Waals surface area contributed by atoms with Crippen LogP contribution in [0.4, 0.5) is 5.69 Å². The van der Waals surface area contributed by atoms with Gasteiger partial charge in [0.15, 0.2) is 0 Å². The number of aryl methyl sites for hydroxylation is 1. The van der Waals surface area contributed by atoms with Gasteiger partial charge in [-0.25, -0.2) is 4.79 Å². The zero-order valence-electron chi connectivity index (χ0n) is 8.89. The summed E-state index contributed by atoms with van der Waals surface area (Å²) >= 11 is 2.53. The molecule has 88 valence electrons. The largest absolute Gasteiger partial charge is 0.477 e. The molecular formula is C11H9NO3S2. The van der Waals surface area contributed by atoms with E-state index in [-0.39, 0.29) is 10.8 Å². The quantitative estimate of drug-likeness (QED) is 0.898. The minimum atomic E-state index is -1.02. The predicted octanol–water partition coefficient (Wildman–Crippen LogP) is 3.07. The number of hydrogen-bond donors (Lipinski definition) is 2. The van der Waals surface area contributed by atoms with Crippen LogP contribution >= 0.6 is 22.7 Å². The van der Waals surface area contributed by atoms with Crippen LogP contribution in [0.3, 0.4) is 0 Å². The molecule has 0 bridgehead atoms. The van der Waals surface area contributed by atoms with Crippen molar-refractivity contribution in [1.82, 2.24) is 0 Å². The number of carbonyl (C=O) groups is 2. The maximum absolute atomic E-state index is 11.8. The molecule has 0 spiro atoms. The number of carboxylic acids is 1. The highest BCUT2D eigenvalue weighted by molar-refractivity contribution is 7.12. The number of hydrogen-bond acceptors (Lipinski definition) is 4. The number of thiophene rings is 2. The molecule has 0 aromatic carbocycles. The number of carbonyl (C=O) groups excluding carboxylic acids is 1. The van der Waals surface area contributed by atoms with Crippen molar-refractivity contribution in [2.24, 2.45) is 0 Å². The molecule has 2 N–H and O–H groups in total. The summed E-state index contributed by atoms with van der Waals surface area (Å²) in [6.07, 6.45) is 0. The van der Waals surface area contributed by atoms with Gasteiger partial charge in [-0.3, -0.25) is 4.79 Å². The second-order valence-corrected chi connectivity index (χ2v) is 5.05. The van der Waals surface area contributed by atoms with Gasteiger partial charge in [0.1, 0.15) is 4.88 Å². The van der Waals surface area contributed by atoms with Gasteiger partial charge in [-0.15, -0.1) is 11.3 Å². The first-order chi connectivity index (χ1) is 8.09. The van der Waals surface area contributed by atoms with E-state index in [1.165, 1.54) is 11.3 Å². The third kappa shape index (κ3) is 2.37. The molecular weight excluding hydrogens is 258 g/mol. The molecule has 0 atom stereocenters. The van der Waals surface area contributed by atoms with E-state index in [2.05, 4.69) is 5.32 Å². The maximum Gasteiger partial charge on any atom is 0.348 e. The molecule has 4 nitrogen and oxygen atoms in total. The third-order valence-electron chi connectivity index (χ3n) is 2.19. The first kappa shape index (κ1) is 11.8. The van der Waals surface area contributed by atoms with Crippen molar-refractivity contribution in [2.75, 3.05) is 5.32 Å². The van der Waals surface area contributed by atoms with Gasteiger partial charge in [0, 0.05) is 5.38 Å². The fourth-order valence-electron chi connectivity index (χ4n) is 1.34. The lowest BCUT2D eigenvalue weighted by Crippen LogP contribution is -2.13. The smallest absolute Gasteiger partial charge is 0.348 e. The third-order valence-corrected chi connectivity index (χ3v) is 3.96. The highest BCUT2D eigenvalue weighted by atomic mass is 32.1. The van der Waals surface area contributed by atoms with Crippen molar-refractivity contribution in [3.8, 4) is 0 Å². The van der Waals surface area contributed by atoms with Crippen molar-refractivity contribution in [3.05, 3.63) is 38.2 Å². The van der Waals surface area contributed by atoms with Gasteiger partial charge in [0.2, 0.25) is 0 Å². The summed E-state index contributed by atoms with van der Waals surface area (Å²) in [5.41, 5.74) is 1.69. The Kier molecular flexibility index (Phi) is 3.26. The van der Waals surface area contributed by atoms with E-state index in [1.54, 1.807) is 29.1 Å². The van der Waals surface area contributed by atoms with Gasteiger partial charge in [0.25, 0.3) is 5.91 Å². The van der Waals surface area contributed by atoms with Crippen LogP contribution < -0.4 is 5.32 Å². The van der Waals surface area contributed by atoms with Gasteiger partial charge in [0.05, 0.1) is 11.3 Å². The van der Waals surface area contributed by atoms with Crippen LogP contribution in [-0.4, -0.2) is 17.0 Å². The topological polar surface area (TPSA) is 66.4 Å². The Bertz CT molecular complexity index is 557. The molecule has 0 unspecified atom stereocenters. The summed E-state index contributed by atoms with van der Waals surface area (Å²) in [6.45, 7) is 1.77. The van der Waals surface area contributed by atoms with Gasteiger partial charge >= 0.3 is 5.97 Å². The Hall–Kier alpha value is -1.66. The SMILES string of the molecule is Cc1csc(C(=O)O)c1NC(=O)c1ccsc1. The van der Waals surface area contributed by atoms with E-state index in [4.69, 9.17) is 5.11 Å². The second-order valence-electron chi connectivity index (χ2n) is 3.39. The Morgan fingerprint density at radius 3 is 2.71 bits per heavy atom. The molecule has 1 amide bonds. The van der Waals surface area contributed by atoms with Crippen LogP contribution in [0.5, 0.6) is 0 Å². The van der Waals surface area contributed by atoms with Crippen LogP contribution in [0.1, 0.15) is 25.6 Å². The first-order valence-electron chi connectivity index (χ1n) is 4.74. The van der Waals surface area contributed by atoms with Crippen LogP contribution in [0, 0.1) is 6.92 Å². The normalized spacial score (nSPS) is 10.2. The Balaban J connectivity index is 2.27. The van der Waals surface area contributed by atoms with E-state index in [9.17, 15) is 9.59 Å². The highest BCUT2D eigenvalue weighted by Crippen LogP contribution is 2.28. The lowest BCUT2D eigenvalue weighted by atomic mass is 10.2. The summed E-state index contributed by atoms with van der Waals surface area (Å²) in [7, 11) is 0. The van der Waals surface area contributed by atoms with Crippen LogP contribution in [0.2, 0.25) is 0 Å². The number of nitrogens with one attached hydrogen (secondary N) is 1. The first-order valence-corrected chi connectivity index (χ1v) is 6.56. The van der Waals surface area contributed by atoms with Crippen molar-refractivity contribution >= 4 is 40.2 Å². The lowest BCUT2D eigenvalue weighted by Gasteiger charge is -2.04. The lowest BCUT2D eigenvalue weighted by molar-refractivity contribution is 0.0703. The number of carboxylic acid groups (broad SMARTS) is 1. The molecule has 0 radical (unpaired) electrons. The average molecular weight is 267 g/mol. The van der Waals surface area contributed by atoms with Crippen LogP contribution in [-0.2, 0) is 0 Å². The molecule has 2 aromatic rings. The average Bonchev–Trinajstić information content (AvgIpc) is 2.89. The molecule has 2 rings (SSSR count). The highest BCUT2D eigenvalue weighted by Gasteiger charge is 2.17. The van der Waals surface area contributed by atoms with Crippen molar-refractivity contribution in [3.63, 3.8) is 0 Å². The predicted molar refractivity (Wildman–Crippen MR) is 68.3 cm³/mol. The summed E-state index contributed by atoms with van der Waals surface area (Å²) in [5, 5.41) is 16.9. The van der Waals surface area contributed by atoms with Gasteiger partial charge in [-0.05, 0) is 29.3 Å². The monoisotopic (exact) mass is 267 g/mol. The van der Waals surface area contributed by atoms with Gasteiger partial charge in [-0.1, -0.05) is 0 Å². The summed E-state index contributed by atoms with van der Waals surface area (Å²) in [5.74, 6) is -1.31. The van der Waals surface area contributed by atoms with Crippen LogP contribution in [0.15, 0.2) is 22.2 Å².